The van der Waals surface area contributed by atoms with Crippen molar-refractivity contribution in [3.63, 3.8) is 0 Å². The molecule has 0 aliphatic rings. The Morgan fingerprint density at radius 1 is 1.30 bits per heavy atom. The lowest BCUT2D eigenvalue weighted by Crippen LogP contribution is -2.07. The Bertz CT molecular complexity index is 763. The summed E-state index contributed by atoms with van der Waals surface area (Å²) in [5.41, 5.74) is 4.77. The molecule has 3 nitrogen and oxygen atoms in total. The lowest BCUT2D eigenvalue weighted by molar-refractivity contribution is 0.891. The molecule has 3 aromatic rings. The van der Waals surface area contributed by atoms with Crippen LogP contribution in [-0.2, 0) is 0 Å². The monoisotopic (exact) mass is 323 g/mol. The Labute approximate surface area is 130 Å². The first-order valence-corrected chi connectivity index (χ1v) is 8.36. The molecule has 0 saturated carbocycles. The number of nitrogens with one attached hydrogen (secondary N) is 1. The van der Waals surface area contributed by atoms with Gasteiger partial charge in [-0.15, -0.1) is 22.7 Å². The predicted molar refractivity (Wildman–Crippen MR) is 88.3 cm³/mol. The number of fused-ring (bicyclic) bond motifs is 1. The van der Waals surface area contributed by atoms with Crippen molar-refractivity contribution >= 4 is 50.2 Å². The van der Waals surface area contributed by atoms with Crippen molar-refractivity contribution in [2.75, 3.05) is 5.32 Å². The van der Waals surface area contributed by atoms with Crippen LogP contribution in [-0.4, -0.2) is 9.97 Å². The zero-order chi connectivity index (χ0) is 14.3. The molecule has 3 rings (SSSR count). The molecular weight excluding hydrogens is 310 g/mol. The van der Waals surface area contributed by atoms with Crippen LogP contribution in [0.25, 0.3) is 10.2 Å². The Morgan fingerprint density at radius 3 is 2.80 bits per heavy atom. The molecule has 0 spiro atoms. The smallest absolute Gasteiger partial charge is 0.106 e. The summed E-state index contributed by atoms with van der Waals surface area (Å²) >= 11 is 9.67. The Kier molecular flexibility index (Phi) is 3.67. The number of halogens is 1. The van der Waals surface area contributed by atoms with Crippen LogP contribution < -0.4 is 5.32 Å². The van der Waals surface area contributed by atoms with E-state index in [-0.39, 0.29) is 6.04 Å². The fourth-order valence-corrected chi connectivity index (χ4v) is 4.10. The summed E-state index contributed by atoms with van der Waals surface area (Å²) in [6.45, 7) is 6.20. The van der Waals surface area contributed by atoms with Gasteiger partial charge in [0.25, 0.3) is 0 Å². The molecule has 0 bridgehead atoms. The third-order valence-corrected chi connectivity index (χ3v) is 5.51. The van der Waals surface area contributed by atoms with E-state index in [0.717, 1.165) is 26.6 Å². The minimum absolute atomic E-state index is 0.158. The van der Waals surface area contributed by atoms with Crippen LogP contribution in [0.4, 0.5) is 5.69 Å². The van der Waals surface area contributed by atoms with E-state index in [1.54, 1.807) is 22.7 Å². The largest absolute Gasteiger partial charge is 0.375 e. The Hall–Kier alpha value is -1.17. The lowest BCUT2D eigenvalue weighted by Gasteiger charge is -2.16. The van der Waals surface area contributed by atoms with Crippen LogP contribution in [0.1, 0.15) is 28.5 Å². The molecule has 1 aromatic carbocycles. The molecule has 2 aromatic heterocycles. The summed E-state index contributed by atoms with van der Waals surface area (Å²) in [4.78, 5) is 10.1. The average Bonchev–Trinajstić information content (AvgIpc) is 2.99. The highest BCUT2D eigenvalue weighted by Crippen LogP contribution is 2.36. The molecule has 104 valence electrons. The Balaban J connectivity index is 1.98. The van der Waals surface area contributed by atoms with Gasteiger partial charge in [0.15, 0.2) is 0 Å². The average molecular weight is 324 g/mol. The van der Waals surface area contributed by atoms with Crippen LogP contribution in [0.5, 0.6) is 0 Å². The van der Waals surface area contributed by atoms with Crippen molar-refractivity contribution in [1.82, 2.24) is 9.97 Å². The second-order valence-corrected chi connectivity index (χ2v) is 7.20. The first-order chi connectivity index (χ1) is 9.56. The van der Waals surface area contributed by atoms with Gasteiger partial charge in [-0.1, -0.05) is 11.6 Å². The van der Waals surface area contributed by atoms with Crippen molar-refractivity contribution in [3.8, 4) is 0 Å². The fraction of sp³-hybridized carbons (Fsp3) is 0.286. The maximum absolute atomic E-state index is 6.33. The number of benzene rings is 1. The van der Waals surface area contributed by atoms with E-state index in [9.17, 15) is 0 Å². The SMILES string of the molecule is Cc1nc(C)c(C(C)Nc2c(Cl)ccc3scnc23)s1. The van der Waals surface area contributed by atoms with Gasteiger partial charge in [0.1, 0.15) is 5.52 Å². The second kappa shape index (κ2) is 5.31. The van der Waals surface area contributed by atoms with Crippen LogP contribution in [0.3, 0.4) is 0 Å². The van der Waals surface area contributed by atoms with Crippen molar-refractivity contribution in [2.24, 2.45) is 0 Å². The van der Waals surface area contributed by atoms with Gasteiger partial charge in [-0.25, -0.2) is 9.97 Å². The number of anilines is 1. The molecule has 6 heteroatoms. The molecule has 0 aliphatic heterocycles. The van der Waals surface area contributed by atoms with Gasteiger partial charge in [0.05, 0.1) is 37.7 Å². The molecule has 2 heterocycles. The third kappa shape index (κ3) is 2.41. The van der Waals surface area contributed by atoms with Gasteiger partial charge in [0, 0.05) is 4.88 Å². The molecule has 20 heavy (non-hydrogen) atoms. The number of nitrogens with zero attached hydrogens (tertiary/aromatic N) is 2. The van der Waals surface area contributed by atoms with Gasteiger partial charge >= 0.3 is 0 Å². The molecule has 1 unspecified atom stereocenters. The minimum atomic E-state index is 0.158. The maximum Gasteiger partial charge on any atom is 0.106 e. The van der Waals surface area contributed by atoms with Crippen LogP contribution in [0.15, 0.2) is 17.6 Å². The molecule has 0 amide bonds. The van der Waals surface area contributed by atoms with Gasteiger partial charge in [-0.05, 0) is 32.9 Å². The maximum atomic E-state index is 6.33. The number of hydrogen-bond acceptors (Lipinski definition) is 5. The van der Waals surface area contributed by atoms with Crippen molar-refractivity contribution in [3.05, 3.63) is 38.2 Å². The number of rotatable bonds is 3. The zero-order valence-corrected chi connectivity index (χ0v) is 13.8. The molecule has 0 saturated heterocycles. The third-order valence-electron chi connectivity index (χ3n) is 3.15. The zero-order valence-electron chi connectivity index (χ0n) is 11.4. The van der Waals surface area contributed by atoms with E-state index in [0.29, 0.717) is 5.02 Å². The fourth-order valence-electron chi connectivity index (χ4n) is 2.27. The number of aromatic nitrogens is 2. The number of thiazole rings is 2. The van der Waals surface area contributed by atoms with Gasteiger partial charge in [0.2, 0.25) is 0 Å². The molecule has 0 aliphatic carbocycles. The van der Waals surface area contributed by atoms with Crippen molar-refractivity contribution < 1.29 is 0 Å². The lowest BCUT2D eigenvalue weighted by atomic mass is 10.2. The van der Waals surface area contributed by atoms with Crippen molar-refractivity contribution in [2.45, 2.75) is 26.8 Å². The van der Waals surface area contributed by atoms with E-state index >= 15 is 0 Å². The van der Waals surface area contributed by atoms with Crippen molar-refractivity contribution in [1.29, 1.82) is 0 Å². The van der Waals surface area contributed by atoms with E-state index in [1.165, 1.54) is 4.88 Å². The summed E-state index contributed by atoms with van der Waals surface area (Å²) in [6.07, 6.45) is 0. The normalized spacial score (nSPS) is 12.8. The highest BCUT2D eigenvalue weighted by atomic mass is 35.5. The molecule has 1 atom stereocenters. The topological polar surface area (TPSA) is 37.8 Å². The quantitative estimate of drug-likeness (QED) is 0.720. The predicted octanol–water partition coefficient (Wildman–Crippen LogP) is 5.20. The molecular formula is C14H14ClN3S2. The highest BCUT2D eigenvalue weighted by Gasteiger charge is 2.16. The first-order valence-electron chi connectivity index (χ1n) is 6.28. The van der Waals surface area contributed by atoms with Crippen LogP contribution >= 0.6 is 34.3 Å². The van der Waals surface area contributed by atoms with Gasteiger partial charge in [-0.2, -0.15) is 0 Å². The number of hydrogen-bond donors (Lipinski definition) is 1. The van der Waals surface area contributed by atoms with Gasteiger partial charge in [-0.3, -0.25) is 0 Å². The summed E-state index contributed by atoms with van der Waals surface area (Å²) < 4.78 is 1.14. The van der Waals surface area contributed by atoms with E-state index < -0.39 is 0 Å². The van der Waals surface area contributed by atoms with E-state index in [4.69, 9.17) is 11.6 Å². The molecule has 0 fully saturated rings. The highest BCUT2D eigenvalue weighted by molar-refractivity contribution is 7.16. The Morgan fingerprint density at radius 2 is 2.10 bits per heavy atom. The minimum Gasteiger partial charge on any atom is -0.375 e. The van der Waals surface area contributed by atoms with E-state index in [2.05, 4.69) is 22.2 Å². The first kappa shape index (κ1) is 13.8. The van der Waals surface area contributed by atoms with E-state index in [1.807, 2.05) is 31.5 Å². The summed E-state index contributed by atoms with van der Waals surface area (Å²) in [5, 5.41) is 5.28. The van der Waals surface area contributed by atoms with Crippen LogP contribution in [0, 0.1) is 13.8 Å². The summed E-state index contributed by atoms with van der Waals surface area (Å²) in [7, 11) is 0. The molecule has 1 N–H and O–H groups in total. The second-order valence-electron chi connectivity index (χ2n) is 4.67. The summed E-state index contributed by atoms with van der Waals surface area (Å²) in [5.74, 6) is 0. The standard InChI is InChI=1S/C14H14ClN3S2/c1-7-14(20-9(3)17-7)8(2)18-12-10(15)4-5-11-13(12)16-6-19-11/h4-6,8,18H,1-3H3. The number of aryl methyl sites for hydroxylation is 2. The molecule has 0 radical (unpaired) electrons. The summed E-state index contributed by atoms with van der Waals surface area (Å²) in [6, 6.07) is 4.08. The van der Waals surface area contributed by atoms with Gasteiger partial charge < -0.3 is 5.32 Å². The van der Waals surface area contributed by atoms with Crippen LogP contribution in [0.2, 0.25) is 5.02 Å².